The van der Waals surface area contributed by atoms with Gasteiger partial charge in [0.25, 0.3) is 0 Å². The summed E-state index contributed by atoms with van der Waals surface area (Å²) >= 11 is 0. The van der Waals surface area contributed by atoms with Crippen LogP contribution in [0.1, 0.15) is 37.2 Å². The van der Waals surface area contributed by atoms with Crippen LogP contribution in [0.15, 0.2) is 24.5 Å². The minimum absolute atomic E-state index is 0.116. The fraction of sp³-hybridized carbons (Fsp3) is 0.579. The maximum absolute atomic E-state index is 12.1. The lowest BCUT2D eigenvalue weighted by Gasteiger charge is -2.31. The van der Waals surface area contributed by atoms with Gasteiger partial charge in [-0.15, -0.1) is 0 Å². The summed E-state index contributed by atoms with van der Waals surface area (Å²) in [6, 6.07) is 4.13. The van der Waals surface area contributed by atoms with E-state index in [1.807, 2.05) is 12.3 Å². The highest BCUT2D eigenvalue weighted by Gasteiger charge is 2.24. The zero-order valence-electron chi connectivity index (χ0n) is 14.5. The van der Waals surface area contributed by atoms with E-state index in [0.29, 0.717) is 19.0 Å². The molecule has 4 heterocycles. The first kappa shape index (κ1) is 16.5. The molecule has 134 valence electrons. The third kappa shape index (κ3) is 3.85. The van der Waals surface area contributed by atoms with Crippen molar-refractivity contribution in [1.82, 2.24) is 20.2 Å². The standard InChI is InChI=1S/C19H26N4O2/c24-18(21-11-15-3-2-10-25-15)13-23-8-5-14(6-9-23)17-12-22-19-16(17)4-1-7-20-19/h1,4,7,12,14-15H,2-3,5-6,8-11,13H2,(H,20,22)(H,21,24)/t15-/m1/s1. The van der Waals surface area contributed by atoms with Gasteiger partial charge in [-0.25, -0.2) is 4.98 Å². The molecule has 0 aromatic carbocycles. The molecular formula is C19H26N4O2. The molecule has 0 unspecified atom stereocenters. The molecule has 6 nitrogen and oxygen atoms in total. The molecule has 4 rings (SSSR count). The van der Waals surface area contributed by atoms with E-state index >= 15 is 0 Å². The first-order chi connectivity index (χ1) is 12.3. The molecule has 2 aliphatic heterocycles. The highest BCUT2D eigenvalue weighted by Crippen LogP contribution is 2.32. The van der Waals surface area contributed by atoms with Crippen molar-refractivity contribution in [3.05, 3.63) is 30.1 Å². The van der Waals surface area contributed by atoms with Crippen molar-refractivity contribution in [3.8, 4) is 0 Å². The number of fused-ring (bicyclic) bond motifs is 1. The normalized spacial score (nSPS) is 22.5. The lowest BCUT2D eigenvalue weighted by molar-refractivity contribution is -0.123. The first-order valence-electron chi connectivity index (χ1n) is 9.32. The zero-order chi connectivity index (χ0) is 17.1. The summed E-state index contributed by atoms with van der Waals surface area (Å²) in [5.41, 5.74) is 2.33. The Kier molecular flexibility index (Phi) is 4.99. The fourth-order valence-electron chi connectivity index (χ4n) is 4.01. The fourth-order valence-corrected chi connectivity index (χ4v) is 4.01. The summed E-state index contributed by atoms with van der Waals surface area (Å²) in [6.45, 7) is 3.90. The molecule has 0 bridgehead atoms. The average molecular weight is 342 g/mol. The quantitative estimate of drug-likeness (QED) is 0.872. The van der Waals surface area contributed by atoms with Crippen molar-refractivity contribution in [3.63, 3.8) is 0 Å². The van der Waals surface area contributed by atoms with Crippen LogP contribution in [0.5, 0.6) is 0 Å². The van der Waals surface area contributed by atoms with Crippen LogP contribution in [0.4, 0.5) is 0 Å². The van der Waals surface area contributed by atoms with Gasteiger partial charge in [0.05, 0.1) is 12.6 Å². The van der Waals surface area contributed by atoms with Crippen molar-refractivity contribution in [1.29, 1.82) is 0 Å². The Morgan fingerprint density at radius 2 is 2.24 bits per heavy atom. The lowest BCUT2D eigenvalue weighted by Crippen LogP contribution is -2.42. The second-order valence-electron chi connectivity index (χ2n) is 7.13. The summed E-state index contributed by atoms with van der Waals surface area (Å²) in [6.07, 6.45) is 8.47. The molecule has 1 atom stereocenters. The van der Waals surface area contributed by atoms with E-state index in [1.165, 1.54) is 10.9 Å². The second kappa shape index (κ2) is 7.54. The van der Waals surface area contributed by atoms with Gasteiger partial charge in [-0.2, -0.15) is 0 Å². The molecule has 0 radical (unpaired) electrons. The Hall–Kier alpha value is -1.92. The molecule has 0 spiro atoms. The van der Waals surface area contributed by atoms with Crippen molar-refractivity contribution in [2.75, 3.05) is 32.8 Å². The highest BCUT2D eigenvalue weighted by molar-refractivity contribution is 5.80. The van der Waals surface area contributed by atoms with Crippen LogP contribution in [0.2, 0.25) is 0 Å². The van der Waals surface area contributed by atoms with Gasteiger partial charge in [-0.3, -0.25) is 9.69 Å². The molecule has 2 aromatic heterocycles. The molecular weight excluding hydrogens is 316 g/mol. The predicted octanol–water partition coefficient (Wildman–Crippen LogP) is 2.04. The Bertz CT molecular complexity index is 715. The van der Waals surface area contributed by atoms with Crippen LogP contribution in [-0.2, 0) is 9.53 Å². The van der Waals surface area contributed by atoms with E-state index in [0.717, 1.165) is 51.0 Å². The third-order valence-corrected chi connectivity index (χ3v) is 5.43. The van der Waals surface area contributed by atoms with Crippen molar-refractivity contribution < 1.29 is 9.53 Å². The van der Waals surface area contributed by atoms with Gasteiger partial charge >= 0.3 is 0 Å². The van der Waals surface area contributed by atoms with Crippen LogP contribution in [0.3, 0.4) is 0 Å². The van der Waals surface area contributed by atoms with Crippen molar-refractivity contribution in [2.24, 2.45) is 0 Å². The summed E-state index contributed by atoms with van der Waals surface area (Å²) < 4.78 is 5.55. The number of ether oxygens (including phenoxy) is 1. The molecule has 0 saturated carbocycles. The molecule has 6 heteroatoms. The number of amides is 1. The van der Waals surface area contributed by atoms with Gasteiger partial charge in [0, 0.05) is 30.9 Å². The maximum atomic E-state index is 12.1. The Labute approximate surface area is 147 Å². The zero-order valence-corrected chi connectivity index (χ0v) is 14.5. The largest absolute Gasteiger partial charge is 0.376 e. The number of nitrogens with zero attached hydrogens (tertiary/aromatic N) is 2. The number of nitrogens with one attached hydrogen (secondary N) is 2. The number of carbonyl (C=O) groups excluding carboxylic acids is 1. The summed E-state index contributed by atoms with van der Waals surface area (Å²) in [5.74, 6) is 0.661. The maximum Gasteiger partial charge on any atom is 0.234 e. The van der Waals surface area contributed by atoms with Gasteiger partial charge in [0.15, 0.2) is 0 Å². The summed E-state index contributed by atoms with van der Waals surface area (Å²) in [5, 5.41) is 4.25. The lowest BCUT2D eigenvalue weighted by atomic mass is 9.89. The van der Waals surface area contributed by atoms with E-state index in [9.17, 15) is 4.79 Å². The van der Waals surface area contributed by atoms with Gasteiger partial charge < -0.3 is 15.0 Å². The van der Waals surface area contributed by atoms with Crippen LogP contribution in [0.25, 0.3) is 11.0 Å². The monoisotopic (exact) mass is 342 g/mol. The number of aromatic nitrogens is 2. The topological polar surface area (TPSA) is 70.2 Å². The number of carbonyl (C=O) groups is 1. The molecule has 2 N–H and O–H groups in total. The minimum Gasteiger partial charge on any atom is -0.376 e. The minimum atomic E-state index is 0.116. The number of hydrogen-bond donors (Lipinski definition) is 2. The number of likely N-dealkylation sites (tertiary alicyclic amines) is 1. The number of pyridine rings is 1. The van der Waals surface area contributed by atoms with Crippen LogP contribution < -0.4 is 5.32 Å². The van der Waals surface area contributed by atoms with E-state index in [4.69, 9.17) is 4.74 Å². The van der Waals surface area contributed by atoms with E-state index in [-0.39, 0.29) is 12.0 Å². The highest BCUT2D eigenvalue weighted by atomic mass is 16.5. The van der Waals surface area contributed by atoms with Gasteiger partial charge in [0.2, 0.25) is 5.91 Å². The van der Waals surface area contributed by atoms with E-state index in [2.05, 4.69) is 32.4 Å². The molecule has 2 aliphatic rings. The predicted molar refractivity (Wildman–Crippen MR) is 96.5 cm³/mol. The van der Waals surface area contributed by atoms with Gasteiger partial charge in [-0.05, 0) is 62.4 Å². The van der Waals surface area contributed by atoms with Crippen LogP contribution >= 0.6 is 0 Å². The number of aromatic amines is 1. The number of hydrogen-bond acceptors (Lipinski definition) is 4. The molecule has 0 aliphatic carbocycles. The van der Waals surface area contributed by atoms with Gasteiger partial charge in [-0.1, -0.05) is 0 Å². The smallest absolute Gasteiger partial charge is 0.234 e. The third-order valence-electron chi connectivity index (χ3n) is 5.43. The summed E-state index contributed by atoms with van der Waals surface area (Å²) in [4.78, 5) is 22.0. The van der Waals surface area contributed by atoms with Crippen molar-refractivity contribution >= 4 is 16.9 Å². The molecule has 2 saturated heterocycles. The van der Waals surface area contributed by atoms with E-state index < -0.39 is 0 Å². The van der Waals surface area contributed by atoms with Crippen LogP contribution in [0, 0.1) is 0 Å². The number of H-pyrrole nitrogens is 1. The molecule has 25 heavy (non-hydrogen) atoms. The van der Waals surface area contributed by atoms with E-state index in [1.54, 1.807) is 0 Å². The molecule has 2 aromatic rings. The van der Waals surface area contributed by atoms with Crippen LogP contribution in [-0.4, -0.2) is 59.7 Å². The molecule has 1 amide bonds. The SMILES string of the molecule is O=C(CN1CCC(c2c[nH]c3ncccc23)CC1)NC[C@H]1CCCO1. The molecule has 2 fully saturated rings. The Morgan fingerprint density at radius 3 is 3.04 bits per heavy atom. The Morgan fingerprint density at radius 1 is 1.36 bits per heavy atom. The number of piperidine rings is 1. The average Bonchev–Trinajstić information content (AvgIpc) is 3.30. The first-order valence-corrected chi connectivity index (χ1v) is 9.32. The van der Waals surface area contributed by atoms with Crippen molar-refractivity contribution in [2.45, 2.75) is 37.7 Å². The Balaban J connectivity index is 1.26. The number of rotatable bonds is 5. The second-order valence-corrected chi connectivity index (χ2v) is 7.13. The van der Waals surface area contributed by atoms with Gasteiger partial charge in [0.1, 0.15) is 5.65 Å². The summed E-state index contributed by atoms with van der Waals surface area (Å²) in [7, 11) is 0.